The Bertz CT molecular complexity index is 862. The average Bonchev–Trinajstić information content (AvgIpc) is 3.30. The van der Waals surface area contributed by atoms with Crippen molar-refractivity contribution in [1.82, 2.24) is 24.5 Å². The minimum atomic E-state index is -0.294. The number of carbonyl (C=O) groups is 1. The molecule has 124 valence electrons. The molecule has 1 aliphatic heterocycles. The van der Waals surface area contributed by atoms with E-state index in [1.54, 1.807) is 18.7 Å². The fourth-order valence-electron chi connectivity index (χ4n) is 3.34. The molecule has 4 rings (SSSR count). The van der Waals surface area contributed by atoms with E-state index in [9.17, 15) is 4.79 Å². The van der Waals surface area contributed by atoms with Gasteiger partial charge in [0, 0.05) is 25.3 Å². The first-order chi connectivity index (χ1) is 11.8. The SMILES string of the molecule is COC(=O)c1cccn1C1CCN(c2ncnc3nc[nH]c23)CC1. The number of aromatic nitrogens is 5. The van der Waals surface area contributed by atoms with Gasteiger partial charge in [-0.1, -0.05) is 0 Å². The minimum Gasteiger partial charge on any atom is -0.464 e. The molecule has 0 saturated carbocycles. The number of hydrogen-bond donors (Lipinski definition) is 1. The molecule has 0 aromatic carbocycles. The van der Waals surface area contributed by atoms with Crippen LogP contribution in [-0.4, -0.2) is 50.7 Å². The van der Waals surface area contributed by atoms with Crippen LogP contribution in [-0.2, 0) is 4.74 Å². The average molecular weight is 326 g/mol. The van der Waals surface area contributed by atoms with Crippen LogP contribution in [0.1, 0.15) is 29.4 Å². The van der Waals surface area contributed by atoms with Crippen LogP contribution in [0.15, 0.2) is 31.0 Å². The van der Waals surface area contributed by atoms with E-state index in [4.69, 9.17) is 4.74 Å². The number of nitrogens with zero attached hydrogens (tertiary/aromatic N) is 5. The van der Waals surface area contributed by atoms with E-state index in [2.05, 4.69) is 24.8 Å². The molecule has 4 heterocycles. The molecule has 24 heavy (non-hydrogen) atoms. The molecular weight excluding hydrogens is 308 g/mol. The van der Waals surface area contributed by atoms with Gasteiger partial charge >= 0.3 is 5.97 Å². The zero-order chi connectivity index (χ0) is 16.5. The van der Waals surface area contributed by atoms with Gasteiger partial charge in [0.1, 0.15) is 17.5 Å². The lowest BCUT2D eigenvalue weighted by Gasteiger charge is -2.34. The van der Waals surface area contributed by atoms with Crippen molar-refractivity contribution in [2.45, 2.75) is 18.9 Å². The molecule has 8 nitrogen and oxygen atoms in total. The van der Waals surface area contributed by atoms with Crippen molar-refractivity contribution >= 4 is 23.0 Å². The number of rotatable bonds is 3. The van der Waals surface area contributed by atoms with Crippen molar-refractivity contribution in [2.24, 2.45) is 0 Å². The van der Waals surface area contributed by atoms with Crippen molar-refractivity contribution in [3.63, 3.8) is 0 Å². The van der Waals surface area contributed by atoms with Crippen LogP contribution in [0.25, 0.3) is 11.2 Å². The number of anilines is 1. The molecule has 0 unspecified atom stereocenters. The largest absolute Gasteiger partial charge is 0.464 e. The number of piperidine rings is 1. The normalized spacial score (nSPS) is 15.8. The maximum Gasteiger partial charge on any atom is 0.354 e. The Hall–Kier alpha value is -2.90. The molecule has 3 aromatic heterocycles. The van der Waals surface area contributed by atoms with Gasteiger partial charge in [0.15, 0.2) is 11.5 Å². The van der Waals surface area contributed by atoms with Gasteiger partial charge in [-0.25, -0.2) is 19.7 Å². The third kappa shape index (κ3) is 2.40. The maximum absolute atomic E-state index is 11.9. The van der Waals surface area contributed by atoms with Crippen LogP contribution in [0.3, 0.4) is 0 Å². The second kappa shape index (κ2) is 5.95. The van der Waals surface area contributed by atoms with Crippen LogP contribution in [0.2, 0.25) is 0 Å². The summed E-state index contributed by atoms with van der Waals surface area (Å²) in [6.45, 7) is 1.71. The van der Waals surface area contributed by atoms with Crippen molar-refractivity contribution < 1.29 is 9.53 Å². The van der Waals surface area contributed by atoms with Crippen LogP contribution in [0.4, 0.5) is 5.82 Å². The number of imidazole rings is 1. The predicted octanol–water partition coefficient (Wildman–Crippen LogP) is 1.78. The van der Waals surface area contributed by atoms with Gasteiger partial charge in [-0.2, -0.15) is 0 Å². The summed E-state index contributed by atoms with van der Waals surface area (Å²) in [5, 5.41) is 0. The topological polar surface area (TPSA) is 88.9 Å². The smallest absolute Gasteiger partial charge is 0.354 e. The van der Waals surface area contributed by atoms with E-state index in [0.29, 0.717) is 11.3 Å². The summed E-state index contributed by atoms with van der Waals surface area (Å²) < 4.78 is 6.88. The fourth-order valence-corrected chi connectivity index (χ4v) is 3.34. The quantitative estimate of drug-likeness (QED) is 0.738. The van der Waals surface area contributed by atoms with Crippen LogP contribution in [0, 0.1) is 0 Å². The van der Waals surface area contributed by atoms with E-state index >= 15 is 0 Å². The lowest BCUT2D eigenvalue weighted by Crippen LogP contribution is -2.35. The first kappa shape index (κ1) is 14.7. The highest BCUT2D eigenvalue weighted by atomic mass is 16.5. The summed E-state index contributed by atoms with van der Waals surface area (Å²) in [4.78, 5) is 30.0. The van der Waals surface area contributed by atoms with Gasteiger partial charge in [0.05, 0.1) is 13.4 Å². The third-order valence-electron chi connectivity index (χ3n) is 4.53. The number of hydrogen-bond acceptors (Lipinski definition) is 6. The standard InChI is InChI=1S/C16H18N6O2/c1-24-16(23)12-3-2-6-22(12)11-4-7-21(8-5-11)15-13-14(18-9-17-13)19-10-20-15/h2-3,6,9-11H,4-5,7-8H2,1H3,(H,17,18,19,20). The summed E-state index contributed by atoms with van der Waals surface area (Å²) in [6, 6.07) is 3.97. The number of aromatic amines is 1. The van der Waals surface area contributed by atoms with Gasteiger partial charge in [0.2, 0.25) is 0 Å². The molecule has 0 radical (unpaired) electrons. The number of carbonyl (C=O) groups excluding carboxylic acids is 1. The summed E-state index contributed by atoms with van der Waals surface area (Å²) in [7, 11) is 1.41. The lowest BCUT2D eigenvalue weighted by molar-refractivity contribution is 0.0585. The summed E-state index contributed by atoms with van der Waals surface area (Å²) in [5.74, 6) is 0.592. The second-order valence-electron chi connectivity index (χ2n) is 5.81. The lowest BCUT2D eigenvalue weighted by atomic mass is 10.0. The molecule has 0 bridgehead atoms. The zero-order valence-electron chi connectivity index (χ0n) is 13.3. The second-order valence-corrected chi connectivity index (χ2v) is 5.81. The van der Waals surface area contributed by atoms with E-state index in [0.717, 1.165) is 37.3 Å². The van der Waals surface area contributed by atoms with E-state index < -0.39 is 0 Å². The van der Waals surface area contributed by atoms with Gasteiger partial charge < -0.3 is 19.2 Å². The molecule has 0 amide bonds. The molecule has 0 spiro atoms. The highest BCUT2D eigenvalue weighted by molar-refractivity contribution is 5.87. The number of fused-ring (bicyclic) bond motifs is 1. The summed E-state index contributed by atoms with van der Waals surface area (Å²) >= 11 is 0. The molecule has 3 aromatic rings. The molecular formula is C16H18N6O2. The Labute approximate surface area is 138 Å². The summed E-state index contributed by atoms with van der Waals surface area (Å²) in [5.41, 5.74) is 2.15. The van der Waals surface area contributed by atoms with E-state index in [-0.39, 0.29) is 12.0 Å². The molecule has 0 atom stereocenters. The van der Waals surface area contributed by atoms with Crippen molar-refractivity contribution in [2.75, 3.05) is 25.1 Å². The molecule has 0 aliphatic carbocycles. The van der Waals surface area contributed by atoms with E-state index in [1.165, 1.54) is 7.11 Å². The highest BCUT2D eigenvalue weighted by Gasteiger charge is 2.25. The Kier molecular flexibility index (Phi) is 3.64. The monoisotopic (exact) mass is 326 g/mol. The van der Waals surface area contributed by atoms with Crippen LogP contribution in [0.5, 0.6) is 0 Å². The molecule has 1 N–H and O–H groups in total. The Morgan fingerprint density at radius 3 is 2.92 bits per heavy atom. The third-order valence-corrected chi connectivity index (χ3v) is 4.53. The first-order valence-electron chi connectivity index (χ1n) is 7.92. The number of nitrogens with one attached hydrogen (secondary N) is 1. The Balaban J connectivity index is 1.52. The number of ether oxygens (including phenoxy) is 1. The minimum absolute atomic E-state index is 0.282. The molecule has 8 heteroatoms. The summed E-state index contributed by atoms with van der Waals surface area (Å²) in [6.07, 6.45) is 6.99. The fraction of sp³-hybridized carbons (Fsp3) is 0.375. The zero-order valence-corrected chi connectivity index (χ0v) is 13.3. The Morgan fingerprint density at radius 2 is 2.12 bits per heavy atom. The number of methoxy groups -OCH3 is 1. The highest BCUT2D eigenvalue weighted by Crippen LogP contribution is 2.29. The molecule has 1 saturated heterocycles. The van der Waals surface area contributed by atoms with Gasteiger partial charge in [-0.3, -0.25) is 0 Å². The first-order valence-corrected chi connectivity index (χ1v) is 7.92. The Morgan fingerprint density at radius 1 is 1.29 bits per heavy atom. The van der Waals surface area contributed by atoms with Gasteiger partial charge in [0.25, 0.3) is 0 Å². The number of esters is 1. The molecule has 1 aliphatic rings. The van der Waals surface area contributed by atoms with Crippen molar-refractivity contribution in [3.8, 4) is 0 Å². The van der Waals surface area contributed by atoms with Crippen molar-refractivity contribution in [3.05, 3.63) is 36.7 Å². The van der Waals surface area contributed by atoms with Crippen LogP contribution >= 0.6 is 0 Å². The maximum atomic E-state index is 11.9. The predicted molar refractivity (Wildman–Crippen MR) is 87.9 cm³/mol. The molecule has 1 fully saturated rings. The van der Waals surface area contributed by atoms with Crippen molar-refractivity contribution in [1.29, 1.82) is 0 Å². The van der Waals surface area contributed by atoms with Crippen LogP contribution < -0.4 is 4.90 Å². The van der Waals surface area contributed by atoms with Gasteiger partial charge in [-0.15, -0.1) is 0 Å². The van der Waals surface area contributed by atoms with E-state index in [1.807, 2.05) is 16.8 Å². The number of H-pyrrole nitrogens is 1. The van der Waals surface area contributed by atoms with Gasteiger partial charge in [-0.05, 0) is 25.0 Å².